The van der Waals surface area contributed by atoms with Crippen molar-refractivity contribution in [3.8, 4) is 0 Å². The summed E-state index contributed by atoms with van der Waals surface area (Å²) in [6, 6.07) is 22.0. The van der Waals surface area contributed by atoms with Crippen molar-refractivity contribution >= 4 is 0 Å². The van der Waals surface area contributed by atoms with Crippen LogP contribution in [0.3, 0.4) is 0 Å². The van der Waals surface area contributed by atoms with Crippen LogP contribution in [0.25, 0.3) is 0 Å². The lowest BCUT2D eigenvalue weighted by molar-refractivity contribution is 0.00806. The minimum absolute atomic E-state index is 0.258. The molecule has 0 amide bonds. The maximum Gasteiger partial charge on any atom is 0.104 e. The fourth-order valence-electron chi connectivity index (χ4n) is 3.78. The summed E-state index contributed by atoms with van der Waals surface area (Å²) in [4.78, 5) is 12.8. The van der Waals surface area contributed by atoms with E-state index < -0.39 is 0 Å². The van der Waals surface area contributed by atoms with E-state index in [1.807, 2.05) is 0 Å². The molecule has 2 aromatic carbocycles. The molecule has 0 radical (unpaired) electrons. The average Bonchev–Trinajstić information content (AvgIpc) is 2.70. The van der Waals surface area contributed by atoms with Gasteiger partial charge in [-0.15, -0.1) is 0 Å². The van der Waals surface area contributed by atoms with E-state index in [1.54, 1.807) is 0 Å². The van der Waals surface area contributed by atoms with Crippen LogP contribution in [0.5, 0.6) is 0 Å². The van der Waals surface area contributed by atoms with Gasteiger partial charge in [0, 0.05) is 19.1 Å². The van der Waals surface area contributed by atoms with Gasteiger partial charge in [-0.2, -0.15) is 4.91 Å². The Labute approximate surface area is 156 Å². The van der Waals surface area contributed by atoms with E-state index in [4.69, 9.17) is 4.74 Å². The van der Waals surface area contributed by atoms with Gasteiger partial charge in [-0.05, 0) is 36.8 Å². The molecule has 2 aromatic rings. The largest absolute Gasteiger partial charge is 0.376 e. The van der Waals surface area contributed by atoms with Crippen molar-refractivity contribution in [3.05, 3.63) is 76.7 Å². The van der Waals surface area contributed by atoms with Crippen molar-refractivity contribution in [2.75, 3.05) is 13.2 Å². The summed E-state index contributed by atoms with van der Waals surface area (Å²) >= 11 is 0. The molecule has 0 aliphatic heterocycles. The fraction of sp³-hybridized carbons (Fsp3) is 0.455. The van der Waals surface area contributed by atoms with Gasteiger partial charge in [0.1, 0.15) is 6.54 Å². The first-order chi connectivity index (χ1) is 12.8. The van der Waals surface area contributed by atoms with Crippen molar-refractivity contribution in [1.29, 1.82) is 0 Å². The fourth-order valence-corrected chi connectivity index (χ4v) is 3.78. The molecule has 0 unspecified atom stereocenters. The van der Waals surface area contributed by atoms with Gasteiger partial charge < -0.3 is 4.74 Å². The Kier molecular flexibility index (Phi) is 7.35. The summed E-state index contributed by atoms with van der Waals surface area (Å²) in [5, 5.41) is 2.87. The molecule has 26 heavy (non-hydrogen) atoms. The lowest BCUT2D eigenvalue weighted by Gasteiger charge is -2.37. The minimum Gasteiger partial charge on any atom is -0.376 e. The third-order valence-electron chi connectivity index (χ3n) is 5.15. The Morgan fingerprint density at radius 2 is 1.38 bits per heavy atom. The second kappa shape index (κ2) is 10.2. The topological polar surface area (TPSA) is 41.9 Å². The summed E-state index contributed by atoms with van der Waals surface area (Å²) < 4.78 is 5.78. The lowest BCUT2D eigenvalue weighted by Crippen LogP contribution is -2.39. The number of benzene rings is 2. The van der Waals surface area contributed by atoms with Crippen LogP contribution in [0, 0.1) is 4.91 Å². The molecule has 0 N–H and O–H groups in total. The molecular weight excluding hydrogens is 324 g/mol. The molecule has 4 heteroatoms. The van der Waals surface area contributed by atoms with E-state index in [9.17, 15) is 4.91 Å². The number of nitroso groups, excluding NO2 is 1. The molecule has 0 heterocycles. The molecule has 0 atom stereocenters. The second-order valence-corrected chi connectivity index (χ2v) is 7.03. The molecular formula is C22H28N2O2. The maximum absolute atomic E-state index is 10.2. The van der Waals surface area contributed by atoms with Crippen LogP contribution in [0.4, 0.5) is 0 Å². The van der Waals surface area contributed by atoms with Crippen LogP contribution in [-0.4, -0.2) is 30.2 Å². The zero-order valence-electron chi connectivity index (χ0n) is 15.3. The van der Waals surface area contributed by atoms with Crippen LogP contribution in [0.1, 0.15) is 36.8 Å². The summed E-state index contributed by atoms with van der Waals surface area (Å²) in [5.41, 5.74) is 2.72. The van der Waals surface area contributed by atoms with Gasteiger partial charge in [-0.25, -0.2) is 0 Å². The number of hydrogen-bond acceptors (Lipinski definition) is 4. The predicted octanol–water partition coefficient (Wildman–Crippen LogP) is 4.78. The smallest absolute Gasteiger partial charge is 0.104 e. The summed E-state index contributed by atoms with van der Waals surface area (Å²) in [6.07, 6.45) is 4.67. The molecule has 138 valence electrons. The van der Waals surface area contributed by atoms with Gasteiger partial charge in [-0.1, -0.05) is 65.8 Å². The Morgan fingerprint density at radius 3 is 1.88 bits per heavy atom. The Morgan fingerprint density at radius 1 is 0.846 bits per heavy atom. The van der Waals surface area contributed by atoms with Crippen LogP contribution < -0.4 is 0 Å². The number of nitrogens with zero attached hydrogens (tertiary/aromatic N) is 2. The van der Waals surface area contributed by atoms with Crippen LogP contribution in [0.15, 0.2) is 65.8 Å². The van der Waals surface area contributed by atoms with Gasteiger partial charge in [0.05, 0.1) is 12.7 Å². The molecule has 0 aromatic heterocycles. The zero-order valence-corrected chi connectivity index (χ0v) is 15.3. The summed E-state index contributed by atoms with van der Waals surface area (Å²) in [5.74, 6) is 0. The van der Waals surface area contributed by atoms with Crippen LogP contribution in [0.2, 0.25) is 0 Å². The van der Waals surface area contributed by atoms with Gasteiger partial charge >= 0.3 is 0 Å². The third-order valence-corrected chi connectivity index (χ3v) is 5.15. The molecule has 1 aliphatic carbocycles. The molecule has 3 rings (SSSR count). The van der Waals surface area contributed by atoms with Gasteiger partial charge in [0.2, 0.25) is 0 Å². The van der Waals surface area contributed by atoms with Gasteiger partial charge in [0.25, 0.3) is 0 Å². The van der Waals surface area contributed by atoms with Gasteiger partial charge in [0.15, 0.2) is 0 Å². The highest BCUT2D eigenvalue weighted by Gasteiger charge is 2.26. The first-order valence-electron chi connectivity index (χ1n) is 9.58. The second-order valence-electron chi connectivity index (χ2n) is 7.03. The minimum atomic E-state index is 0.258. The first-order valence-corrected chi connectivity index (χ1v) is 9.58. The highest BCUT2D eigenvalue weighted by atomic mass is 16.5. The first kappa shape index (κ1) is 18.7. The van der Waals surface area contributed by atoms with E-state index in [0.29, 0.717) is 12.6 Å². The SMILES string of the molecule is O=NCCO[C@H]1CC[C@H](N(Cc2ccccc2)Cc2ccccc2)CC1. The van der Waals surface area contributed by atoms with Crippen LogP contribution in [-0.2, 0) is 17.8 Å². The Bertz CT molecular complexity index is 598. The van der Waals surface area contributed by atoms with E-state index in [2.05, 4.69) is 70.7 Å². The quantitative estimate of drug-likeness (QED) is 0.482. The normalized spacial score (nSPS) is 20.2. The molecule has 0 bridgehead atoms. The van der Waals surface area contributed by atoms with Crippen molar-refractivity contribution in [1.82, 2.24) is 4.90 Å². The van der Waals surface area contributed by atoms with Crippen molar-refractivity contribution in [2.45, 2.75) is 50.9 Å². The van der Waals surface area contributed by atoms with E-state index in [1.165, 1.54) is 11.1 Å². The average molecular weight is 352 g/mol. The summed E-state index contributed by atoms with van der Waals surface area (Å²) in [6.45, 7) is 2.66. The van der Waals surface area contributed by atoms with Crippen molar-refractivity contribution in [3.63, 3.8) is 0 Å². The molecule has 1 saturated carbocycles. The Hall–Kier alpha value is -2.04. The van der Waals surface area contributed by atoms with Crippen LogP contribution >= 0.6 is 0 Å². The number of ether oxygens (including phenoxy) is 1. The zero-order chi connectivity index (χ0) is 18.0. The van der Waals surface area contributed by atoms with E-state index in [0.717, 1.165) is 38.8 Å². The molecule has 1 fully saturated rings. The highest BCUT2D eigenvalue weighted by molar-refractivity contribution is 5.17. The number of hydrogen-bond donors (Lipinski definition) is 0. The van der Waals surface area contributed by atoms with Crippen molar-refractivity contribution < 1.29 is 4.74 Å². The maximum atomic E-state index is 10.2. The third kappa shape index (κ3) is 5.75. The van der Waals surface area contributed by atoms with E-state index >= 15 is 0 Å². The molecule has 4 nitrogen and oxygen atoms in total. The molecule has 0 spiro atoms. The summed E-state index contributed by atoms with van der Waals surface area (Å²) in [7, 11) is 0. The molecule has 0 saturated heterocycles. The van der Waals surface area contributed by atoms with Gasteiger partial charge in [-0.3, -0.25) is 4.90 Å². The van der Waals surface area contributed by atoms with E-state index in [-0.39, 0.29) is 12.6 Å². The standard InChI is InChI=1S/C22H28N2O2/c25-23-15-16-26-22-13-11-21(12-14-22)24(17-19-7-3-1-4-8-19)18-20-9-5-2-6-10-20/h1-10,21-22H,11-18H2/t21-,22-. The van der Waals surface area contributed by atoms with Crippen molar-refractivity contribution in [2.24, 2.45) is 5.18 Å². The number of rotatable bonds is 9. The lowest BCUT2D eigenvalue weighted by atomic mass is 9.91. The monoisotopic (exact) mass is 352 g/mol. The highest BCUT2D eigenvalue weighted by Crippen LogP contribution is 2.27. The predicted molar refractivity (Wildman–Crippen MR) is 105 cm³/mol. The molecule has 1 aliphatic rings. The Balaban J connectivity index is 1.61.